The molecule has 0 aromatic rings. The van der Waals surface area contributed by atoms with Crippen molar-refractivity contribution in [3.63, 3.8) is 0 Å². The highest BCUT2D eigenvalue weighted by atomic mass is 28.4. The normalized spacial score (nSPS) is 11.7. The van der Waals surface area contributed by atoms with Gasteiger partial charge in [0.05, 0.1) is 0 Å². The maximum absolute atomic E-state index is 11.7. The second-order valence-corrected chi connectivity index (χ2v) is 8.42. The summed E-state index contributed by atoms with van der Waals surface area (Å²) < 4.78 is 22.8. The molecule has 0 atom stereocenters. The topological polar surface area (TPSA) is 92.0 Å². The fourth-order valence-corrected chi connectivity index (χ4v) is 5.04. The van der Waals surface area contributed by atoms with Crippen molar-refractivity contribution >= 4 is 14.7 Å². The van der Waals surface area contributed by atoms with Crippen LogP contribution in [0.2, 0.25) is 6.04 Å². The number of rotatable bonds is 18. The van der Waals surface area contributed by atoms with Crippen LogP contribution in [0.3, 0.4) is 0 Å². The predicted molar refractivity (Wildman–Crippen MR) is 101 cm³/mol. The highest BCUT2D eigenvalue weighted by Crippen LogP contribution is 2.18. The van der Waals surface area contributed by atoms with Gasteiger partial charge in [-0.1, -0.05) is 12.8 Å². The van der Waals surface area contributed by atoms with Crippen LogP contribution >= 0.6 is 0 Å². The molecule has 3 N–H and O–H groups in total. The zero-order valence-corrected chi connectivity index (χ0v) is 17.3. The molecule has 25 heavy (non-hydrogen) atoms. The van der Waals surface area contributed by atoms with Gasteiger partial charge in [0.15, 0.2) is 0 Å². The minimum Gasteiger partial charge on any atom is -0.374 e. The summed E-state index contributed by atoms with van der Waals surface area (Å²) in [5.74, 6) is -0.0678. The Morgan fingerprint density at radius 2 is 1.52 bits per heavy atom. The summed E-state index contributed by atoms with van der Waals surface area (Å²) in [5, 5.41) is 2.87. The van der Waals surface area contributed by atoms with Crippen LogP contribution in [-0.4, -0.2) is 60.8 Å². The van der Waals surface area contributed by atoms with E-state index in [2.05, 4.69) is 5.32 Å². The molecular formula is C17H38N2O5Si. The van der Waals surface area contributed by atoms with Gasteiger partial charge >= 0.3 is 8.80 Å². The molecule has 0 saturated carbocycles. The number of nitrogens with one attached hydrogen (secondary N) is 1. The molecule has 0 aliphatic carbocycles. The Bertz CT molecular complexity index is 304. The van der Waals surface area contributed by atoms with Gasteiger partial charge in [-0.25, -0.2) is 0 Å². The molecule has 8 heteroatoms. The molecule has 0 radical (unpaired) electrons. The lowest BCUT2D eigenvalue weighted by atomic mass is 10.2. The van der Waals surface area contributed by atoms with Gasteiger partial charge in [0, 0.05) is 39.0 Å². The SMILES string of the molecule is CCO[Si](CCCOCC(=O)NCCCCCCN)(OCC)OCC. The largest absolute Gasteiger partial charge is 0.501 e. The number of carbonyl (C=O) groups excluding carboxylic acids is 1. The number of carbonyl (C=O) groups is 1. The molecule has 0 heterocycles. The summed E-state index contributed by atoms with van der Waals surface area (Å²) in [6.45, 7) is 9.55. The minimum absolute atomic E-state index is 0.0678. The zero-order chi connectivity index (χ0) is 18.8. The Morgan fingerprint density at radius 1 is 0.920 bits per heavy atom. The van der Waals surface area contributed by atoms with Crippen LogP contribution in [0.4, 0.5) is 0 Å². The zero-order valence-electron chi connectivity index (χ0n) is 16.3. The first-order chi connectivity index (χ1) is 12.1. The summed E-state index contributed by atoms with van der Waals surface area (Å²) in [6.07, 6.45) is 4.99. The number of unbranched alkanes of at least 4 members (excludes halogenated alkanes) is 3. The number of ether oxygens (including phenoxy) is 1. The van der Waals surface area contributed by atoms with Crippen molar-refractivity contribution in [2.24, 2.45) is 5.73 Å². The molecule has 0 rings (SSSR count). The highest BCUT2D eigenvalue weighted by molar-refractivity contribution is 6.60. The number of nitrogens with two attached hydrogens (primary N) is 1. The van der Waals surface area contributed by atoms with Crippen LogP contribution in [0.1, 0.15) is 52.9 Å². The summed E-state index contributed by atoms with van der Waals surface area (Å²) in [5.41, 5.74) is 5.44. The van der Waals surface area contributed by atoms with E-state index in [4.69, 9.17) is 23.7 Å². The lowest BCUT2D eigenvalue weighted by Crippen LogP contribution is -2.46. The molecule has 0 aromatic heterocycles. The maximum atomic E-state index is 11.7. The highest BCUT2D eigenvalue weighted by Gasteiger charge is 2.39. The monoisotopic (exact) mass is 378 g/mol. The molecular weight excluding hydrogens is 340 g/mol. The average molecular weight is 379 g/mol. The molecule has 0 spiro atoms. The number of hydrogen-bond acceptors (Lipinski definition) is 6. The van der Waals surface area contributed by atoms with Crippen molar-refractivity contribution < 1.29 is 22.8 Å². The Kier molecular flexibility index (Phi) is 16.6. The van der Waals surface area contributed by atoms with Crippen LogP contribution < -0.4 is 11.1 Å². The van der Waals surface area contributed by atoms with Crippen molar-refractivity contribution in [1.29, 1.82) is 0 Å². The van der Waals surface area contributed by atoms with E-state index < -0.39 is 8.80 Å². The lowest BCUT2D eigenvalue weighted by molar-refractivity contribution is -0.125. The third kappa shape index (κ3) is 13.4. The van der Waals surface area contributed by atoms with Crippen LogP contribution in [0.15, 0.2) is 0 Å². The van der Waals surface area contributed by atoms with E-state index >= 15 is 0 Å². The van der Waals surface area contributed by atoms with E-state index in [0.29, 0.717) is 39.0 Å². The van der Waals surface area contributed by atoms with Crippen molar-refractivity contribution in [2.75, 3.05) is 46.1 Å². The molecule has 0 unspecified atom stereocenters. The van der Waals surface area contributed by atoms with Gasteiger partial charge in [-0.15, -0.1) is 0 Å². The first-order valence-corrected chi connectivity index (χ1v) is 11.5. The number of amides is 1. The summed E-state index contributed by atoms with van der Waals surface area (Å²) in [7, 11) is -2.60. The third-order valence-corrected chi connectivity index (χ3v) is 6.70. The van der Waals surface area contributed by atoms with E-state index in [1.807, 2.05) is 20.8 Å². The summed E-state index contributed by atoms with van der Waals surface area (Å²) in [4.78, 5) is 11.7. The minimum atomic E-state index is -2.60. The van der Waals surface area contributed by atoms with E-state index in [0.717, 1.165) is 38.6 Å². The third-order valence-electron chi connectivity index (χ3n) is 3.55. The fourth-order valence-electron chi connectivity index (χ4n) is 2.46. The van der Waals surface area contributed by atoms with Crippen molar-refractivity contribution in [1.82, 2.24) is 5.32 Å². The van der Waals surface area contributed by atoms with E-state index in [-0.39, 0.29) is 12.5 Å². The van der Waals surface area contributed by atoms with Crippen molar-refractivity contribution in [2.45, 2.75) is 58.9 Å². The van der Waals surface area contributed by atoms with Crippen LogP contribution in [0.5, 0.6) is 0 Å². The maximum Gasteiger partial charge on any atom is 0.501 e. The second kappa shape index (κ2) is 16.9. The molecule has 0 aliphatic rings. The van der Waals surface area contributed by atoms with Crippen molar-refractivity contribution in [3.8, 4) is 0 Å². The van der Waals surface area contributed by atoms with Crippen LogP contribution in [-0.2, 0) is 22.8 Å². The van der Waals surface area contributed by atoms with Crippen LogP contribution in [0.25, 0.3) is 0 Å². The predicted octanol–water partition coefficient (Wildman–Crippen LogP) is 2.08. The first kappa shape index (κ1) is 24.5. The molecule has 0 aliphatic heterocycles. The lowest BCUT2D eigenvalue weighted by Gasteiger charge is -2.28. The molecule has 1 amide bonds. The van der Waals surface area contributed by atoms with Gasteiger partial charge in [0.25, 0.3) is 0 Å². The van der Waals surface area contributed by atoms with Crippen molar-refractivity contribution in [3.05, 3.63) is 0 Å². The Hall–Kier alpha value is -0.513. The molecule has 7 nitrogen and oxygen atoms in total. The Morgan fingerprint density at radius 3 is 2.08 bits per heavy atom. The van der Waals surface area contributed by atoms with Gasteiger partial charge in [0.2, 0.25) is 5.91 Å². The molecule has 0 bridgehead atoms. The van der Waals surface area contributed by atoms with E-state index in [9.17, 15) is 4.79 Å². The van der Waals surface area contributed by atoms with E-state index in [1.54, 1.807) is 0 Å². The summed E-state index contributed by atoms with van der Waals surface area (Å²) >= 11 is 0. The molecule has 0 aromatic carbocycles. The van der Waals surface area contributed by atoms with Gasteiger partial charge in [0.1, 0.15) is 6.61 Å². The Labute approximate surface area is 154 Å². The standard InChI is InChI=1S/C17H38N2O5Si/c1-4-22-25(23-5-2,24-6-3)15-11-14-21-16-17(20)19-13-10-8-7-9-12-18/h4-16,18H2,1-3H3,(H,19,20). The Balaban J connectivity index is 3.81. The molecule has 150 valence electrons. The quantitative estimate of drug-likeness (QED) is 0.280. The van der Waals surface area contributed by atoms with Gasteiger partial charge in [-0.05, 0) is 46.6 Å². The molecule has 0 saturated heterocycles. The second-order valence-electron chi connectivity index (χ2n) is 5.69. The fraction of sp³-hybridized carbons (Fsp3) is 0.941. The summed E-state index contributed by atoms with van der Waals surface area (Å²) in [6, 6.07) is 0.700. The average Bonchev–Trinajstić information content (AvgIpc) is 2.58. The smallest absolute Gasteiger partial charge is 0.374 e. The molecule has 0 fully saturated rings. The van der Waals surface area contributed by atoms with Crippen LogP contribution in [0, 0.1) is 0 Å². The van der Waals surface area contributed by atoms with Gasteiger partial charge in [-0.3, -0.25) is 4.79 Å². The first-order valence-electron chi connectivity index (χ1n) is 9.60. The van der Waals surface area contributed by atoms with Gasteiger partial charge < -0.3 is 29.1 Å². The van der Waals surface area contributed by atoms with E-state index in [1.165, 1.54) is 0 Å². The van der Waals surface area contributed by atoms with Gasteiger partial charge in [-0.2, -0.15) is 0 Å². The number of hydrogen-bond donors (Lipinski definition) is 2.